The second kappa shape index (κ2) is 8.67. The van der Waals surface area contributed by atoms with Gasteiger partial charge in [-0.2, -0.15) is 4.31 Å². The minimum absolute atomic E-state index is 0.0781. The molecule has 1 aromatic rings. The van der Waals surface area contributed by atoms with Gasteiger partial charge >= 0.3 is 0 Å². The molecule has 0 aliphatic carbocycles. The average molecular weight is 368 g/mol. The van der Waals surface area contributed by atoms with Gasteiger partial charge in [0.25, 0.3) is 5.91 Å². The van der Waals surface area contributed by atoms with Gasteiger partial charge < -0.3 is 9.64 Å². The summed E-state index contributed by atoms with van der Waals surface area (Å²) in [5.74, 6) is 0.136. The summed E-state index contributed by atoms with van der Waals surface area (Å²) in [5.41, 5.74) is 0.386. The van der Waals surface area contributed by atoms with Crippen molar-refractivity contribution in [1.29, 1.82) is 0 Å². The zero-order valence-corrected chi connectivity index (χ0v) is 16.1. The lowest BCUT2D eigenvalue weighted by Crippen LogP contribution is -2.32. The summed E-state index contributed by atoms with van der Waals surface area (Å²) >= 11 is 0. The van der Waals surface area contributed by atoms with Crippen LogP contribution in [0, 0.1) is 0 Å². The van der Waals surface area contributed by atoms with Gasteiger partial charge in [-0.1, -0.05) is 13.3 Å². The van der Waals surface area contributed by atoms with Crippen molar-refractivity contribution in [3.8, 4) is 5.75 Å². The second-order valence-corrected chi connectivity index (χ2v) is 8.12. The number of benzene rings is 1. The summed E-state index contributed by atoms with van der Waals surface area (Å²) in [5, 5.41) is 0. The predicted octanol–water partition coefficient (Wildman–Crippen LogP) is 2.74. The highest BCUT2D eigenvalue weighted by atomic mass is 32.2. The Hall–Kier alpha value is -1.60. The van der Waals surface area contributed by atoms with Crippen molar-refractivity contribution in [2.75, 3.05) is 33.3 Å². The van der Waals surface area contributed by atoms with E-state index in [1.165, 1.54) is 17.5 Å². The van der Waals surface area contributed by atoms with Gasteiger partial charge in [0.1, 0.15) is 10.6 Å². The third-order valence-corrected chi connectivity index (χ3v) is 6.46. The number of hydrogen-bond donors (Lipinski definition) is 0. The molecule has 0 saturated carbocycles. The van der Waals surface area contributed by atoms with Crippen molar-refractivity contribution in [3.05, 3.63) is 23.8 Å². The average Bonchev–Trinajstić information content (AvgIpc) is 3.17. The van der Waals surface area contributed by atoms with E-state index in [9.17, 15) is 13.2 Å². The number of unbranched alkanes of at least 4 members (excludes halogenated alkanes) is 1. The van der Waals surface area contributed by atoms with Crippen LogP contribution in [0.2, 0.25) is 0 Å². The number of ether oxygens (including phenoxy) is 1. The fourth-order valence-electron chi connectivity index (χ4n) is 3.01. The quantitative estimate of drug-likeness (QED) is 0.708. The van der Waals surface area contributed by atoms with Gasteiger partial charge in [-0.05, 0) is 44.4 Å². The summed E-state index contributed by atoms with van der Waals surface area (Å²) < 4.78 is 32.6. The van der Waals surface area contributed by atoms with Crippen LogP contribution in [0.15, 0.2) is 23.1 Å². The Bertz CT molecular complexity index is 697. The lowest BCUT2D eigenvalue weighted by molar-refractivity contribution is 0.0762. The molecule has 6 nitrogen and oxygen atoms in total. The Morgan fingerprint density at radius 3 is 2.48 bits per heavy atom. The minimum Gasteiger partial charge on any atom is -0.495 e. The van der Waals surface area contributed by atoms with Crippen LogP contribution < -0.4 is 4.74 Å². The molecule has 0 aromatic heterocycles. The van der Waals surface area contributed by atoms with Crippen molar-refractivity contribution < 1.29 is 17.9 Å². The van der Waals surface area contributed by atoms with Crippen molar-refractivity contribution in [1.82, 2.24) is 9.21 Å². The second-order valence-electron chi connectivity index (χ2n) is 6.22. The van der Waals surface area contributed by atoms with E-state index < -0.39 is 10.0 Å². The maximum absolute atomic E-state index is 12.9. The van der Waals surface area contributed by atoms with Crippen LogP contribution in [-0.2, 0) is 10.0 Å². The molecule has 0 atom stereocenters. The smallest absolute Gasteiger partial charge is 0.253 e. The molecule has 1 amide bonds. The highest BCUT2D eigenvalue weighted by Crippen LogP contribution is 2.30. The molecule has 0 unspecified atom stereocenters. The van der Waals surface area contributed by atoms with Crippen LogP contribution in [0.4, 0.5) is 0 Å². The first-order chi connectivity index (χ1) is 12.0. The number of sulfonamides is 1. The number of amides is 1. The molecular weight excluding hydrogens is 340 g/mol. The van der Waals surface area contributed by atoms with Crippen LogP contribution in [0.3, 0.4) is 0 Å². The van der Waals surface area contributed by atoms with Gasteiger partial charge in [0.05, 0.1) is 7.11 Å². The zero-order chi connectivity index (χ0) is 18.4. The van der Waals surface area contributed by atoms with E-state index in [1.54, 1.807) is 17.0 Å². The zero-order valence-electron chi connectivity index (χ0n) is 15.3. The van der Waals surface area contributed by atoms with E-state index in [0.29, 0.717) is 31.7 Å². The molecule has 0 radical (unpaired) electrons. The summed E-state index contributed by atoms with van der Waals surface area (Å²) in [6, 6.07) is 4.67. The van der Waals surface area contributed by atoms with Crippen LogP contribution in [0.25, 0.3) is 0 Å². The molecule has 2 rings (SSSR count). The fraction of sp³-hybridized carbons (Fsp3) is 0.611. The van der Waals surface area contributed by atoms with E-state index in [0.717, 1.165) is 25.7 Å². The number of carbonyl (C=O) groups excluding carboxylic acids is 1. The molecule has 25 heavy (non-hydrogen) atoms. The largest absolute Gasteiger partial charge is 0.495 e. The SMILES string of the molecule is CCCCN(CC)C(=O)c1ccc(OC)c(S(=O)(=O)N2CCCC2)c1. The molecule has 1 aliphatic heterocycles. The van der Waals surface area contributed by atoms with Gasteiger partial charge in [-0.15, -0.1) is 0 Å². The fourth-order valence-corrected chi connectivity index (χ4v) is 4.71. The van der Waals surface area contributed by atoms with E-state index >= 15 is 0 Å². The Balaban J connectivity index is 2.37. The van der Waals surface area contributed by atoms with Crippen molar-refractivity contribution in [2.24, 2.45) is 0 Å². The van der Waals surface area contributed by atoms with Crippen molar-refractivity contribution in [3.63, 3.8) is 0 Å². The summed E-state index contributed by atoms with van der Waals surface area (Å²) in [6.45, 7) is 6.30. The highest BCUT2D eigenvalue weighted by Gasteiger charge is 2.31. The van der Waals surface area contributed by atoms with Crippen molar-refractivity contribution in [2.45, 2.75) is 44.4 Å². The van der Waals surface area contributed by atoms with Crippen molar-refractivity contribution >= 4 is 15.9 Å². The lowest BCUT2D eigenvalue weighted by Gasteiger charge is -2.22. The first-order valence-corrected chi connectivity index (χ1v) is 10.4. The van der Waals surface area contributed by atoms with E-state index in [-0.39, 0.29) is 16.6 Å². The Morgan fingerprint density at radius 2 is 1.92 bits per heavy atom. The first-order valence-electron chi connectivity index (χ1n) is 8.93. The molecular formula is C18H28N2O4S. The van der Waals surface area contributed by atoms with E-state index in [4.69, 9.17) is 4.74 Å². The monoisotopic (exact) mass is 368 g/mol. The Labute approximate surface area is 150 Å². The van der Waals surface area contributed by atoms with Gasteiger partial charge in [-0.3, -0.25) is 4.79 Å². The van der Waals surface area contributed by atoms with Gasteiger partial charge in [0.2, 0.25) is 10.0 Å². The van der Waals surface area contributed by atoms with Gasteiger partial charge in [0.15, 0.2) is 0 Å². The standard InChI is InChI=1S/C18H28N2O4S/c1-4-6-11-19(5-2)18(21)15-9-10-16(24-3)17(14-15)25(22,23)20-12-7-8-13-20/h9-10,14H,4-8,11-13H2,1-3H3. The number of methoxy groups -OCH3 is 1. The molecule has 1 fully saturated rings. The third kappa shape index (κ3) is 4.33. The third-order valence-electron chi connectivity index (χ3n) is 4.54. The van der Waals surface area contributed by atoms with Gasteiger partial charge in [0, 0.05) is 31.7 Å². The molecule has 1 aromatic carbocycles. The Morgan fingerprint density at radius 1 is 1.24 bits per heavy atom. The van der Waals surface area contributed by atoms with Crippen LogP contribution in [0.5, 0.6) is 5.75 Å². The van der Waals surface area contributed by atoms with Crippen LogP contribution in [-0.4, -0.2) is 56.8 Å². The molecule has 1 saturated heterocycles. The first kappa shape index (κ1) is 19.7. The number of rotatable bonds is 8. The molecule has 7 heteroatoms. The van der Waals surface area contributed by atoms with Crippen LogP contribution in [0.1, 0.15) is 49.9 Å². The molecule has 0 spiro atoms. The molecule has 1 heterocycles. The maximum atomic E-state index is 12.9. The molecule has 140 valence electrons. The number of nitrogens with zero attached hydrogens (tertiary/aromatic N) is 2. The summed E-state index contributed by atoms with van der Waals surface area (Å²) in [7, 11) is -2.21. The predicted molar refractivity (Wildman–Crippen MR) is 97.5 cm³/mol. The number of hydrogen-bond acceptors (Lipinski definition) is 4. The van der Waals surface area contributed by atoms with E-state index in [2.05, 4.69) is 6.92 Å². The van der Waals surface area contributed by atoms with E-state index in [1.807, 2.05) is 6.92 Å². The summed E-state index contributed by atoms with van der Waals surface area (Å²) in [6.07, 6.45) is 3.65. The molecule has 1 aliphatic rings. The molecule has 0 bridgehead atoms. The molecule has 0 N–H and O–H groups in total. The summed E-state index contributed by atoms with van der Waals surface area (Å²) in [4.78, 5) is 14.6. The number of carbonyl (C=O) groups is 1. The topological polar surface area (TPSA) is 66.9 Å². The van der Waals surface area contributed by atoms with Gasteiger partial charge in [-0.25, -0.2) is 8.42 Å². The Kier molecular flexibility index (Phi) is 6.84. The van der Waals surface area contributed by atoms with Crippen LogP contribution >= 0.6 is 0 Å². The maximum Gasteiger partial charge on any atom is 0.253 e. The minimum atomic E-state index is -3.65. The highest BCUT2D eigenvalue weighted by molar-refractivity contribution is 7.89. The normalized spacial score (nSPS) is 15.3. The lowest BCUT2D eigenvalue weighted by atomic mass is 10.1.